The summed E-state index contributed by atoms with van der Waals surface area (Å²) in [6.07, 6.45) is 0.833. The van der Waals surface area contributed by atoms with E-state index in [1.165, 1.54) is 0 Å². The van der Waals surface area contributed by atoms with Crippen molar-refractivity contribution in [3.8, 4) is 6.07 Å². The fourth-order valence-electron chi connectivity index (χ4n) is 2.43. The Bertz CT molecular complexity index is 588. The van der Waals surface area contributed by atoms with Gasteiger partial charge in [0.25, 0.3) is 0 Å². The third kappa shape index (κ3) is 2.88. The second-order valence-corrected chi connectivity index (χ2v) is 5.56. The molecule has 1 aliphatic carbocycles. The van der Waals surface area contributed by atoms with Gasteiger partial charge in [0.15, 0.2) is 0 Å². The largest absolute Gasteiger partial charge is 0.457 e. The molecule has 104 valence electrons. The van der Waals surface area contributed by atoms with Crippen molar-refractivity contribution in [3.63, 3.8) is 0 Å². The minimum Gasteiger partial charge on any atom is -0.457 e. The van der Waals surface area contributed by atoms with Gasteiger partial charge in [-0.1, -0.05) is 12.1 Å². The van der Waals surface area contributed by atoms with Gasteiger partial charge in [-0.25, -0.2) is 0 Å². The minimum absolute atomic E-state index is 0.114. The Kier molecular flexibility index (Phi) is 3.89. The zero-order valence-corrected chi connectivity index (χ0v) is 11.7. The highest BCUT2D eigenvalue weighted by Crippen LogP contribution is 2.37. The van der Waals surface area contributed by atoms with Gasteiger partial charge in [-0.05, 0) is 38.0 Å². The van der Waals surface area contributed by atoms with Gasteiger partial charge < -0.3 is 4.74 Å². The van der Waals surface area contributed by atoms with Gasteiger partial charge >= 0.3 is 5.97 Å². The minimum atomic E-state index is -0.696. The summed E-state index contributed by atoms with van der Waals surface area (Å²) >= 11 is 0. The summed E-state index contributed by atoms with van der Waals surface area (Å²) in [7, 11) is 0. The van der Waals surface area contributed by atoms with E-state index in [1.54, 1.807) is 32.0 Å². The monoisotopic (exact) mass is 271 g/mol. The predicted octanol–water partition coefficient (Wildman–Crippen LogP) is 2.92. The van der Waals surface area contributed by atoms with E-state index in [0.29, 0.717) is 18.4 Å². The molecule has 2 unspecified atom stereocenters. The normalized spacial score (nSPS) is 23.1. The van der Waals surface area contributed by atoms with Crippen LogP contribution in [-0.2, 0) is 14.3 Å². The first kappa shape index (κ1) is 14.3. The molecule has 1 saturated carbocycles. The van der Waals surface area contributed by atoms with E-state index in [9.17, 15) is 9.59 Å². The van der Waals surface area contributed by atoms with Crippen LogP contribution < -0.4 is 0 Å². The lowest BCUT2D eigenvalue weighted by atomic mass is 9.89. The maximum atomic E-state index is 12.2. The average molecular weight is 271 g/mol. The van der Waals surface area contributed by atoms with E-state index >= 15 is 0 Å². The number of rotatable bonds is 3. The first-order valence-electron chi connectivity index (χ1n) is 6.67. The number of esters is 1. The van der Waals surface area contributed by atoms with Crippen molar-refractivity contribution in [2.75, 3.05) is 0 Å². The first-order chi connectivity index (χ1) is 9.44. The molecule has 1 aromatic carbocycles. The summed E-state index contributed by atoms with van der Waals surface area (Å²) in [5.74, 6) is -0.221. The van der Waals surface area contributed by atoms with Crippen LogP contribution in [-0.4, -0.2) is 11.8 Å². The molecule has 0 radical (unpaired) electrons. The maximum Gasteiger partial charge on any atom is 0.312 e. The number of Topliss-reactive ketones (excluding diaryl/α,β-unsaturated/α-hetero) is 1. The van der Waals surface area contributed by atoms with Gasteiger partial charge in [0, 0.05) is 12.8 Å². The molecule has 1 aliphatic rings. The molecule has 0 aliphatic heterocycles. The SMILES string of the molecule is CC(OC(=O)C1(C)CCC(=O)C1)c1cccc(C#N)c1. The highest BCUT2D eigenvalue weighted by Gasteiger charge is 2.42. The van der Waals surface area contributed by atoms with E-state index in [0.717, 1.165) is 5.56 Å². The lowest BCUT2D eigenvalue weighted by Crippen LogP contribution is -2.28. The standard InChI is InChI=1S/C16H17NO3/c1-11(13-5-3-4-12(8-13)10-17)20-15(19)16(2)7-6-14(18)9-16/h3-5,8,11H,6-7,9H2,1-2H3. The van der Waals surface area contributed by atoms with Crippen molar-refractivity contribution >= 4 is 11.8 Å². The second kappa shape index (κ2) is 5.46. The summed E-state index contributed by atoms with van der Waals surface area (Å²) in [6.45, 7) is 3.55. The molecule has 0 N–H and O–H groups in total. The van der Waals surface area contributed by atoms with Crippen molar-refractivity contribution in [2.24, 2.45) is 5.41 Å². The lowest BCUT2D eigenvalue weighted by molar-refractivity contribution is -0.160. The van der Waals surface area contributed by atoms with Gasteiger partial charge in [0.2, 0.25) is 0 Å². The predicted molar refractivity (Wildman–Crippen MR) is 72.6 cm³/mol. The van der Waals surface area contributed by atoms with Crippen molar-refractivity contribution < 1.29 is 14.3 Å². The summed E-state index contributed by atoms with van der Waals surface area (Å²) in [4.78, 5) is 23.6. The second-order valence-electron chi connectivity index (χ2n) is 5.56. The smallest absolute Gasteiger partial charge is 0.312 e. The number of carbonyl (C=O) groups excluding carboxylic acids is 2. The number of hydrogen-bond acceptors (Lipinski definition) is 4. The van der Waals surface area contributed by atoms with Crippen LogP contribution in [0.1, 0.15) is 50.3 Å². The van der Waals surface area contributed by atoms with Crippen molar-refractivity contribution in [3.05, 3.63) is 35.4 Å². The Hall–Kier alpha value is -2.15. The zero-order valence-electron chi connectivity index (χ0n) is 11.7. The Morgan fingerprint density at radius 1 is 1.50 bits per heavy atom. The molecule has 0 spiro atoms. The lowest BCUT2D eigenvalue weighted by Gasteiger charge is -2.23. The van der Waals surface area contributed by atoms with Crippen molar-refractivity contribution in [1.29, 1.82) is 5.26 Å². The molecule has 1 fully saturated rings. The summed E-state index contributed by atoms with van der Waals surface area (Å²) in [5, 5.41) is 8.87. The highest BCUT2D eigenvalue weighted by atomic mass is 16.5. The van der Waals surface area contributed by atoms with Gasteiger partial charge in [-0.3, -0.25) is 9.59 Å². The number of benzene rings is 1. The van der Waals surface area contributed by atoms with Crippen LogP contribution in [0.4, 0.5) is 0 Å². The first-order valence-corrected chi connectivity index (χ1v) is 6.67. The molecule has 4 nitrogen and oxygen atoms in total. The summed E-state index contributed by atoms with van der Waals surface area (Å²) in [6, 6.07) is 9.05. The zero-order chi connectivity index (χ0) is 14.8. The Morgan fingerprint density at radius 3 is 2.85 bits per heavy atom. The summed E-state index contributed by atoms with van der Waals surface area (Å²) < 4.78 is 5.47. The topological polar surface area (TPSA) is 67.2 Å². The van der Waals surface area contributed by atoms with Crippen molar-refractivity contribution in [2.45, 2.75) is 39.2 Å². The maximum absolute atomic E-state index is 12.2. The molecule has 0 heterocycles. The van der Waals surface area contributed by atoms with Crippen LogP contribution >= 0.6 is 0 Å². The van der Waals surface area contributed by atoms with Crippen LogP contribution in [0.2, 0.25) is 0 Å². The van der Waals surface area contributed by atoms with Crippen LogP contribution in [0.5, 0.6) is 0 Å². The number of ketones is 1. The van der Waals surface area contributed by atoms with E-state index in [4.69, 9.17) is 10.00 Å². The number of nitrogens with zero attached hydrogens (tertiary/aromatic N) is 1. The van der Waals surface area contributed by atoms with Gasteiger partial charge in [0.05, 0.1) is 17.0 Å². The van der Waals surface area contributed by atoms with Crippen molar-refractivity contribution in [1.82, 2.24) is 0 Å². The van der Waals surface area contributed by atoms with E-state index in [-0.39, 0.29) is 18.2 Å². The third-order valence-corrected chi connectivity index (χ3v) is 3.80. The molecule has 4 heteroatoms. The van der Waals surface area contributed by atoms with E-state index < -0.39 is 11.5 Å². The number of nitriles is 1. The van der Waals surface area contributed by atoms with Crippen LogP contribution in [0.15, 0.2) is 24.3 Å². The fraction of sp³-hybridized carbons (Fsp3) is 0.438. The molecule has 2 atom stereocenters. The number of ether oxygens (including phenoxy) is 1. The molecular formula is C16H17NO3. The fourth-order valence-corrected chi connectivity index (χ4v) is 2.43. The van der Waals surface area contributed by atoms with Crippen LogP contribution in [0.25, 0.3) is 0 Å². The Morgan fingerprint density at radius 2 is 2.25 bits per heavy atom. The molecule has 1 aromatic rings. The van der Waals surface area contributed by atoms with Crippen LogP contribution in [0, 0.1) is 16.7 Å². The summed E-state index contributed by atoms with van der Waals surface area (Å²) in [5.41, 5.74) is 0.621. The quantitative estimate of drug-likeness (QED) is 0.793. The van der Waals surface area contributed by atoms with Gasteiger partial charge in [0.1, 0.15) is 11.9 Å². The molecule has 0 amide bonds. The Balaban J connectivity index is 2.07. The highest BCUT2D eigenvalue weighted by molar-refractivity contribution is 5.90. The van der Waals surface area contributed by atoms with E-state index in [2.05, 4.69) is 6.07 Å². The molecule has 20 heavy (non-hydrogen) atoms. The molecular weight excluding hydrogens is 254 g/mol. The molecule has 0 saturated heterocycles. The number of hydrogen-bond donors (Lipinski definition) is 0. The number of carbonyl (C=O) groups is 2. The van der Waals surface area contributed by atoms with Gasteiger partial charge in [-0.2, -0.15) is 5.26 Å². The van der Waals surface area contributed by atoms with Crippen LogP contribution in [0.3, 0.4) is 0 Å². The molecule has 0 aromatic heterocycles. The third-order valence-electron chi connectivity index (χ3n) is 3.80. The molecule has 2 rings (SSSR count). The average Bonchev–Trinajstić information content (AvgIpc) is 2.80. The van der Waals surface area contributed by atoms with E-state index in [1.807, 2.05) is 6.07 Å². The van der Waals surface area contributed by atoms with Gasteiger partial charge in [-0.15, -0.1) is 0 Å². The molecule has 0 bridgehead atoms. The Labute approximate surface area is 118 Å².